The smallest absolute Gasteiger partial charge is 0.280 e. The third-order valence-electron chi connectivity index (χ3n) is 6.54. The highest BCUT2D eigenvalue weighted by atomic mass is 35.5. The van der Waals surface area contributed by atoms with E-state index in [9.17, 15) is 18.3 Å². The maximum Gasteiger partial charge on any atom is 0.280 e. The number of nitrogens with one attached hydrogen (secondary N) is 2. The van der Waals surface area contributed by atoms with Crippen LogP contribution in [0.2, 0.25) is 5.02 Å². The van der Waals surface area contributed by atoms with E-state index in [1.54, 1.807) is 24.3 Å². The first-order chi connectivity index (χ1) is 17.1. The van der Waals surface area contributed by atoms with Crippen LogP contribution in [0.5, 0.6) is 0 Å². The van der Waals surface area contributed by atoms with Gasteiger partial charge in [0.15, 0.2) is 5.01 Å². The molecule has 2 aliphatic rings. The van der Waals surface area contributed by atoms with Crippen LogP contribution in [-0.4, -0.2) is 84.4 Å². The van der Waals surface area contributed by atoms with Crippen molar-refractivity contribution in [2.75, 3.05) is 32.9 Å². The lowest BCUT2D eigenvalue weighted by atomic mass is 10.0. The first-order valence-electron chi connectivity index (χ1n) is 11.5. The number of piperidine rings is 1. The molecule has 1 unspecified atom stereocenters. The molecule has 192 valence electrons. The standard InChI is InChI=1S/C23H27ClN6O4S2/c1-29-7-5-17-20(12-29)35-23(28-17)22(32)26-16-6-8-30(36(2,33)34)11-19(16)27-21(31)18-10-13-9-14(24)3-4-15(13)25-18/h3-4,9-10,16,19,25H,5-8,11-12H2,1-2H3,(H,26,32)(H,27,31)/p-1/t16-,19?/m1/s1. The number of benzene rings is 1. The summed E-state index contributed by atoms with van der Waals surface area (Å²) in [6.45, 7) is 1.88. The van der Waals surface area contributed by atoms with Gasteiger partial charge in [-0.05, 0) is 37.7 Å². The van der Waals surface area contributed by atoms with Gasteiger partial charge in [-0.1, -0.05) is 11.6 Å². The number of thiazole rings is 1. The molecule has 1 fully saturated rings. The molecular weight excluding hydrogens is 524 g/mol. The number of sulfonamides is 1. The van der Waals surface area contributed by atoms with E-state index < -0.39 is 28.0 Å². The Hall–Kier alpha value is -2.51. The van der Waals surface area contributed by atoms with Gasteiger partial charge in [0.1, 0.15) is 0 Å². The lowest BCUT2D eigenvalue weighted by Gasteiger charge is -2.36. The van der Waals surface area contributed by atoms with Gasteiger partial charge >= 0.3 is 0 Å². The summed E-state index contributed by atoms with van der Waals surface area (Å²) in [5.41, 5.74) is 1.96. The predicted molar refractivity (Wildman–Crippen MR) is 138 cm³/mol. The molecule has 0 bridgehead atoms. The Balaban J connectivity index is 1.39. The van der Waals surface area contributed by atoms with Crippen molar-refractivity contribution in [2.45, 2.75) is 31.5 Å². The monoisotopic (exact) mass is 549 g/mol. The van der Waals surface area contributed by atoms with E-state index in [0.29, 0.717) is 16.5 Å². The molecule has 10 nitrogen and oxygen atoms in total. The molecule has 1 aromatic carbocycles. The van der Waals surface area contributed by atoms with Gasteiger partial charge in [0.05, 0.1) is 24.0 Å². The van der Waals surface area contributed by atoms with Crippen LogP contribution < -0.4 is 10.4 Å². The van der Waals surface area contributed by atoms with E-state index in [-0.39, 0.29) is 24.7 Å². The van der Waals surface area contributed by atoms with Crippen LogP contribution in [0.1, 0.15) is 32.5 Å². The number of likely N-dealkylation sites (N-methyl/N-ethyl adjacent to an activating group) is 1. The van der Waals surface area contributed by atoms with E-state index >= 15 is 0 Å². The molecule has 1 amide bonds. The number of aromatic amines is 1. The minimum atomic E-state index is -3.48. The topological polar surface area (TPSA) is 134 Å². The highest BCUT2D eigenvalue weighted by molar-refractivity contribution is 7.88. The van der Waals surface area contributed by atoms with Crippen LogP contribution in [0.4, 0.5) is 0 Å². The first-order valence-corrected chi connectivity index (χ1v) is 14.6. The second-order valence-corrected chi connectivity index (χ2v) is 12.8. The molecule has 2 N–H and O–H groups in total. The number of nitrogens with zero attached hydrogens (tertiary/aromatic N) is 4. The lowest BCUT2D eigenvalue weighted by Crippen LogP contribution is -2.55. The minimum absolute atomic E-state index is 0.000734. The molecule has 4 heterocycles. The lowest BCUT2D eigenvalue weighted by molar-refractivity contribution is -0.214. The number of fused-ring (bicyclic) bond motifs is 2. The van der Waals surface area contributed by atoms with Gasteiger partial charge in [0.2, 0.25) is 10.0 Å². The molecule has 13 heteroatoms. The van der Waals surface area contributed by atoms with Gasteiger partial charge in [0, 0.05) is 65.0 Å². The summed E-state index contributed by atoms with van der Waals surface area (Å²) in [5.74, 6) is -0.850. The maximum absolute atomic E-state index is 13.1. The number of halogens is 1. The van der Waals surface area contributed by atoms with Crippen molar-refractivity contribution in [3.8, 4) is 0 Å². The zero-order valence-electron chi connectivity index (χ0n) is 19.8. The Labute approximate surface area is 218 Å². The third-order valence-corrected chi connectivity index (χ3v) is 9.13. The molecule has 2 aromatic heterocycles. The van der Waals surface area contributed by atoms with Crippen LogP contribution in [0.3, 0.4) is 0 Å². The highest BCUT2D eigenvalue weighted by Crippen LogP contribution is 2.26. The molecule has 2 atom stereocenters. The summed E-state index contributed by atoms with van der Waals surface area (Å²) in [6.07, 6.45) is 2.25. The Kier molecular flexibility index (Phi) is 6.81. The van der Waals surface area contributed by atoms with Crippen molar-refractivity contribution >= 4 is 55.7 Å². The van der Waals surface area contributed by atoms with Crippen molar-refractivity contribution in [3.05, 3.63) is 50.6 Å². The van der Waals surface area contributed by atoms with Crippen LogP contribution >= 0.6 is 22.9 Å². The van der Waals surface area contributed by atoms with Gasteiger partial charge in [-0.25, -0.2) is 13.4 Å². The van der Waals surface area contributed by atoms with Crippen molar-refractivity contribution in [2.24, 2.45) is 4.99 Å². The SMILES string of the molecule is CN1CCc2nc(C(=O)N[C@@H]3CCN(S(C)(=O)=O)CC3N=C([O-])c3cc4cc(Cl)ccc4[nH]3)sc2C1. The molecule has 0 saturated carbocycles. The maximum atomic E-state index is 13.1. The Bertz CT molecular complexity index is 1450. The van der Waals surface area contributed by atoms with E-state index in [4.69, 9.17) is 11.6 Å². The number of carbonyl (C=O) groups is 1. The van der Waals surface area contributed by atoms with Crippen molar-refractivity contribution in [1.82, 2.24) is 24.5 Å². The normalized spacial score (nSPS) is 22.0. The van der Waals surface area contributed by atoms with Crippen molar-refractivity contribution in [1.29, 1.82) is 0 Å². The Morgan fingerprint density at radius 2 is 2.14 bits per heavy atom. The van der Waals surface area contributed by atoms with Crippen molar-refractivity contribution in [3.63, 3.8) is 0 Å². The molecule has 1 saturated heterocycles. The molecule has 0 radical (unpaired) electrons. The fraction of sp³-hybridized carbons (Fsp3) is 0.435. The number of aliphatic imine (C=N–C) groups is 1. The number of amides is 1. The fourth-order valence-electron chi connectivity index (χ4n) is 4.59. The number of carbonyl (C=O) groups excluding carboxylic acids is 1. The molecule has 2 aliphatic heterocycles. The summed E-state index contributed by atoms with van der Waals surface area (Å²) in [5, 5.41) is 17.7. The molecule has 0 spiro atoms. The fourth-order valence-corrected chi connectivity index (χ4v) is 6.72. The second-order valence-electron chi connectivity index (χ2n) is 9.28. The number of aromatic nitrogens is 2. The quantitative estimate of drug-likeness (QED) is 0.363. The van der Waals surface area contributed by atoms with Crippen LogP contribution in [0, 0.1) is 0 Å². The number of hydrogen-bond acceptors (Lipinski definition) is 8. The van der Waals surface area contributed by atoms with Gasteiger partial charge in [-0.3, -0.25) is 9.79 Å². The van der Waals surface area contributed by atoms with E-state index in [1.165, 1.54) is 15.6 Å². The third kappa shape index (κ3) is 5.28. The zero-order chi connectivity index (χ0) is 25.6. The van der Waals surface area contributed by atoms with E-state index in [1.807, 2.05) is 7.05 Å². The molecule has 3 aromatic rings. The Morgan fingerprint density at radius 3 is 2.92 bits per heavy atom. The molecule has 5 rings (SSSR count). The van der Waals surface area contributed by atoms with Crippen molar-refractivity contribution < 1.29 is 18.3 Å². The Morgan fingerprint density at radius 1 is 1.33 bits per heavy atom. The van der Waals surface area contributed by atoms with E-state index in [2.05, 4.69) is 25.2 Å². The highest BCUT2D eigenvalue weighted by Gasteiger charge is 2.34. The summed E-state index contributed by atoms with van der Waals surface area (Å²) in [4.78, 5) is 28.3. The summed E-state index contributed by atoms with van der Waals surface area (Å²) >= 11 is 7.42. The van der Waals surface area contributed by atoms with Gasteiger partial charge < -0.3 is 20.3 Å². The van der Waals surface area contributed by atoms with Gasteiger partial charge in [0.25, 0.3) is 5.91 Å². The molecule has 0 aliphatic carbocycles. The number of hydrogen-bond donors (Lipinski definition) is 2. The minimum Gasteiger partial charge on any atom is -0.857 e. The van der Waals surface area contributed by atoms with Crippen LogP contribution in [0.25, 0.3) is 10.9 Å². The number of H-pyrrole nitrogens is 1. The zero-order valence-corrected chi connectivity index (χ0v) is 22.2. The second kappa shape index (κ2) is 9.75. The number of rotatable bonds is 5. The summed E-state index contributed by atoms with van der Waals surface area (Å²) in [6, 6.07) is 5.63. The molecular formula is C23H26ClN6O4S2-. The van der Waals surface area contributed by atoms with E-state index in [0.717, 1.165) is 47.2 Å². The predicted octanol–water partition coefficient (Wildman–Crippen LogP) is 1.21. The summed E-state index contributed by atoms with van der Waals surface area (Å²) in [7, 11) is -1.45. The molecule has 36 heavy (non-hydrogen) atoms. The average molecular weight is 550 g/mol. The van der Waals surface area contributed by atoms with Crippen LogP contribution in [-0.2, 0) is 23.0 Å². The average Bonchev–Trinajstić information content (AvgIpc) is 3.43. The van der Waals surface area contributed by atoms with Gasteiger partial charge in [-0.2, -0.15) is 4.31 Å². The summed E-state index contributed by atoms with van der Waals surface area (Å²) < 4.78 is 25.7. The largest absolute Gasteiger partial charge is 0.857 e. The first kappa shape index (κ1) is 25.2. The van der Waals surface area contributed by atoms with Gasteiger partial charge in [-0.15, -0.1) is 11.3 Å². The van der Waals surface area contributed by atoms with Crippen LogP contribution in [0.15, 0.2) is 29.3 Å².